The van der Waals surface area contributed by atoms with Gasteiger partial charge in [-0.05, 0) is 37.1 Å². The monoisotopic (exact) mass is 257 g/mol. The van der Waals surface area contributed by atoms with Gasteiger partial charge in [0.1, 0.15) is 11.5 Å². The predicted molar refractivity (Wildman–Crippen MR) is 73.6 cm³/mol. The fourth-order valence-electron chi connectivity index (χ4n) is 1.73. The number of rotatable bonds is 2. The molecule has 2 rings (SSSR count). The maximum atomic E-state index is 12.0. The second kappa shape index (κ2) is 5.02. The van der Waals surface area contributed by atoms with E-state index in [0.717, 1.165) is 5.56 Å². The van der Waals surface area contributed by atoms with Gasteiger partial charge in [-0.2, -0.15) is 0 Å². The van der Waals surface area contributed by atoms with Crippen LogP contribution in [-0.2, 0) is 0 Å². The Balaban J connectivity index is 2.26. The second-order valence-electron chi connectivity index (χ2n) is 4.43. The Bertz CT molecular complexity index is 635. The van der Waals surface area contributed by atoms with Gasteiger partial charge in [0.2, 0.25) is 0 Å². The topological polar surface area (TPSA) is 69.6 Å². The highest BCUT2D eigenvalue weighted by molar-refractivity contribution is 6.06. The Kier molecular flexibility index (Phi) is 3.42. The highest BCUT2D eigenvalue weighted by Crippen LogP contribution is 2.24. The maximum Gasteiger partial charge on any atom is 0.259 e. The molecule has 1 amide bonds. The number of aryl methyl sites for hydroxylation is 2. The number of phenolic OH excluding ortho intramolecular Hbond substituents is 2. The zero-order valence-corrected chi connectivity index (χ0v) is 10.8. The van der Waals surface area contributed by atoms with Crippen LogP contribution in [0.3, 0.4) is 0 Å². The van der Waals surface area contributed by atoms with E-state index in [9.17, 15) is 15.0 Å². The average Bonchev–Trinajstić information content (AvgIpc) is 2.37. The van der Waals surface area contributed by atoms with Gasteiger partial charge in [-0.3, -0.25) is 4.79 Å². The minimum absolute atomic E-state index is 0.0312. The highest BCUT2D eigenvalue weighted by atomic mass is 16.3. The lowest BCUT2D eigenvalue weighted by Crippen LogP contribution is -2.12. The van der Waals surface area contributed by atoms with Crippen LogP contribution in [0, 0.1) is 13.8 Å². The van der Waals surface area contributed by atoms with Gasteiger partial charge in [0.05, 0.1) is 5.56 Å². The zero-order chi connectivity index (χ0) is 14.0. The van der Waals surface area contributed by atoms with Gasteiger partial charge < -0.3 is 15.5 Å². The van der Waals surface area contributed by atoms with Crippen LogP contribution in [-0.4, -0.2) is 16.1 Å². The molecule has 4 nitrogen and oxygen atoms in total. The van der Waals surface area contributed by atoms with Crippen molar-refractivity contribution in [1.82, 2.24) is 0 Å². The summed E-state index contributed by atoms with van der Waals surface area (Å²) in [5.74, 6) is -0.327. The van der Waals surface area contributed by atoms with Crippen molar-refractivity contribution in [3.8, 4) is 11.5 Å². The molecule has 98 valence electrons. The van der Waals surface area contributed by atoms with Gasteiger partial charge in [-0.25, -0.2) is 0 Å². The standard InChI is InChI=1S/C15H15NO3/c1-9-6-7-11(8-13(9)17)16-15(19)12-5-3-4-10(2)14(12)18/h3-8,17-18H,1-2H3,(H,16,19). The first kappa shape index (κ1) is 13.0. The van der Waals surface area contributed by atoms with Gasteiger partial charge in [0, 0.05) is 11.8 Å². The van der Waals surface area contributed by atoms with Crippen LogP contribution in [0.15, 0.2) is 36.4 Å². The molecule has 3 N–H and O–H groups in total. The van der Waals surface area contributed by atoms with Crippen LogP contribution < -0.4 is 5.32 Å². The van der Waals surface area contributed by atoms with E-state index in [1.165, 1.54) is 6.07 Å². The summed E-state index contributed by atoms with van der Waals surface area (Å²) in [6.07, 6.45) is 0. The number of carbonyl (C=O) groups is 1. The minimum Gasteiger partial charge on any atom is -0.508 e. The quantitative estimate of drug-likeness (QED) is 0.774. The summed E-state index contributed by atoms with van der Waals surface area (Å²) < 4.78 is 0. The molecular formula is C15H15NO3. The van der Waals surface area contributed by atoms with Crippen molar-refractivity contribution in [2.24, 2.45) is 0 Å². The maximum absolute atomic E-state index is 12.0. The Morgan fingerprint density at radius 2 is 1.79 bits per heavy atom. The molecule has 0 unspecified atom stereocenters. The molecule has 0 heterocycles. The first-order valence-corrected chi connectivity index (χ1v) is 5.88. The third kappa shape index (κ3) is 2.68. The number of phenols is 2. The molecule has 2 aromatic carbocycles. The molecule has 0 saturated carbocycles. The largest absolute Gasteiger partial charge is 0.508 e. The summed E-state index contributed by atoms with van der Waals surface area (Å²) in [5, 5.41) is 22.1. The first-order chi connectivity index (χ1) is 8.99. The minimum atomic E-state index is -0.413. The van der Waals surface area contributed by atoms with E-state index in [-0.39, 0.29) is 17.1 Å². The van der Waals surface area contributed by atoms with E-state index in [1.54, 1.807) is 44.2 Å². The lowest BCUT2D eigenvalue weighted by Gasteiger charge is -2.09. The summed E-state index contributed by atoms with van der Waals surface area (Å²) in [6, 6.07) is 9.85. The van der Waals surface area contributed by atoms with Crippen LogP contribution >= 0.6 is 0 Å². The van der Waals surface area contributed by atoms with Crippen molar-refractivity contribution in [2.45, 2.75) is 13.8 Å². The van der Waals surface area contributed by atoms with E-state index in [4.69, 9.17) is 0 Å². The van der Waals surface area contributed by atoms with E-state index >= 15 is 0 Å². The van der Waals surface area contributed by atoms with Crippen molar-refractivity contribution in [3.63, 3.8) is 0 Å². The van der Waals surface area contributed by atoms with E-state index < -0.39 is 5.91 Å². The van der Waals surface area contributed by atoms with Crippen LogP contribution in [0.5, 0.6) is 11.5 Å². The molecule has 0 spiro atoms. The molecular weight excluding hydrogens is 242 g/mol. The number of anilines is 1. The summed E-state index contributed by atoms with van der Waals surface area (Å²) in [6.45, 7) is 3.50. The zero-order valence-electron chi connectivity index (χ0n) is 10.8. The number of nitrogens with one attached hydrogen (secondary N) is 1. The normalized spacial score (nSPS) is 10.2. The van der Waals surface area contributed by atoms with Crippen molar-refractivity contribution in [3.05, 3.63) is 53.1 Å². The average molecular weight is 257 g/mol. The molecule has 0 aromatic heterocycles. The fourth-order valence-corrected chi connectivity index (χ4v) is 1.73. The summed E-state index contributed by atoms with van der Waals surface area (Å²) in [7, 11) is 0. The number of hydrogen-bond acceptors (Lipinski definition) is 3. The van der Waals surface area contributed by atoms with E-state index in [1.807, 2.05) is 0 Å². The molecule has 0 radical (unpaired) electrons. The lowest BCUT2D eigenvalue weighted by atomic mass is 10.1. The molecule has 4 heteroatoms. The van der Waals surface area contributed by atoms with Crippen molar-refractivity contribution in [1.29, 1.82) is 0 Å². The summed E-state index contributed by atoms with van der Waals surface area (Å²) in [5.41, 5.74) is 2.06. The predicted octanol–water partition coefficient (Wildman–Crippen LogP) is 2.97. The van der Waals surface area contributed by atoms with Gasteiger partial charge >= 0.3 is 0 Å². The lowest BCUT2D eigenvalue weighted by molar-refractivity contribution is 0.102. The van der Waals surface area contributed by atoms with E-state index in [2.05, 4.69) is 5.32 Å². The number of hydrogen-bond donors (Lipinski definition) is 3. The molecule has 0 bridgehead atoms. The van der Waals surface area contributed by atoms with Gasteiger partial charge in [0.25, 0.3) is 5.91 Å². The number of carbonyl (C=O) groups excluding carboxylic acids is 1. The Hall–Kier alpha value is -2.49. The Labute approximate surface area is 111 Å². The molecule has 0 fully saturated rings. The third-order valence-electron chi connectivity index (χ3n) is 2.95. The van der Waals surface area contributed by atoms with E-state index in [0.29, 0.717) is 11.3 Å². The van der Waals surface area contributed by atoms with Gasteiger partial charge in [-0.1, -0.05) is 18.2 Å². The molecule has 0 aliphatic rings. The summed E-state index contributed by atoms with van der Waals surface area (Å²) >= 11 is 0. The van der Waals surface area contributed by atoms with Gasteiger partial charge in [0.15, 0.2) is 0 Å². The Morgan fingerprint density at radius 3 is 2.47 bits per heavy atom. The molecule has 2 aromatic rings. The van der Waals surface area contributed by atoms with Crippen LogP contribution in [0.2, 0.25) is 0 Å². The smallest absolute Gasteiger partial charge is 0.259 e. The number of benzene rings is 2. The molecule has 0 saturated heterocycles. The fraction of sp³-hybridized carbons (Fsp3) is 0.133. The number of aromatic hydroxyl groups is 2. The summed E-state index contributed by atoms with van der Waals surface area (Å²) in [4.78, 5) is 12.0. The number of para-hydroxylation sites is 1. The van der Waals surface area contributed by atoms with Crippen molar-refractivity contribution < 1.29 is 15.0 Å². The van der Waals surface area contributed by atoms with Crippen LogP contribution in [0.4, 0.5) is 5.69 Å². The second-order valence-corrected chi connectivity index (χ2v) is 4.43. The molecule has 0 aliphatic heterocycles. The molecule has 0 atom stereocenters. The third-order valence-corrected chi connectivity index (χ3v) is 2.95. The Morgan fingerprint density at radius 1 is 1.05 bits per heavy atom. The number of amides is 1. The van der Waals surface area contributed by atoms with Crippen molar-refractivity contribution >= 4 is 11.6 Å². The first-order valence-electron chi connectivity index (χ1n) is 5.88. The van der Waals surface area contributed by atoms with Crippen LogP contribution in [0.25, 0.3) is 0 Å². The molecule has 0 aliphatic carbocycles. The molecule has 19 heavy (non-hydrogen) atoms. The van der Waals surface area contributed by atoms with Gasteiger partial charge in [-0.15, -0.1) is 0 Å². The highest BCUT2D eigenvalue weighted by Gasteiger charge is 2.12. The van der Waals surface area contributed by atoms with Crippen molar-refractivity contribution in [2.75, 3.05) is 5.32 Å². The SMILES string of the molecule is Cc1ccc(NC(=O)c2cccc(C)c2O)cc1O. The van der Waals surface area contributed by atoms with Crippen LogP contribution in [0.1, 0.15) is 21.5 Å².